The summed E-state index contributed by atoms with van der Waals surface area (Å²) in [4.78, 5) is 12.4. The lowest BCUT2D eigenvalue weighted by atomic mass is 10.1. The third-order valence-corrected chi connectivity index (χ3v) is 6.92. The van der Waals surface area contributed by atoms with Crippen LogP contribution in [0, 0.1) is 10.1 Å². The topological polar surface area (TPSA) is 92.6 Å². The summed E-state index contributed by atoms with van der Waals surface area (Å²) in [6.45, 7) is 1.41. The fourth-order valence-electron chi connectivity index (χ4n) is 2.73. The Hall–Kier alpha value is -1.97. The maximum Gasteiger partial charge on any atom is 0.269 e. The Morgan fingerprint density at radius 3 is 2.38 bits per heavy atom. The third kappa shape index (κ3) is 3.74. The number of piperidine rings is 1. The Labute approximate surface area is 144 Å². The first kappa shape index (κ1) is 16.9. The number of non-ortho nitro benzene ring substituents is 1. The van der Waals surface area contributed by atoms with Gasteiger partial charge in [-0.15, -0.1) is 11.3 Å². The normalized spacial score (nSPS) is 16.2. The number of hydrogen-bond donors (Lipinski definition) is 1. The van der Waals surface area contributed by atoms with Crippen molar-refractivity contribution in [1.29, 1.82) is 0 Å². The Balaban J connectivity index is 1.59. The number of nitrogens with one attached hydrogen (secondary N) is 1. The predicted octanol–water partition coefficient (Wildman–Crippen LogP) is 2.60. The van der Waals surface area contributed by atoms with E-state index in [1.54, 1.807) is 29.6 Å². The number of nitro groups is 1. The summed E-state index contributed by atoms with van der Waals surface area (Å²) in [5.41, 5.74) is 0.984. The molecule has 2 heterocycles. The molecule has 1 saturated heterocycles. The Morgan fingerprint density at radius 1 is 1.17 bits per heavy atom. The van der Waals surface area contributed by atoms with Crippen LogP contribution < -0.4 is 9.62 Å². The van der Waals surface area contributed by atoms with Gasteiger partial charge in [-0.25, -0.2) is 13.1 Å². The summed E-state index contributed by atoms with van der Waals surface area (Å²) in [6, 6.07) is 9.66. The van der Waals surface area contributed by atoms with Gasteiger partial charge in [0.1, 0.15) is 4.21 Å². The molecule has 128 valence electrons. The highest BCUT2D eigenvalue weighted by Gasteiger charge is 2.25. The van der Waals surface area contributed by atoms with E-state index in [1.807, 2.05) is 0 Å². The van der Waals surface area contributed by atoms with Crippen LogP contribution in [0.1, 0.15) is 12.8 Å². The van der Waals surface area contributed by atoms with E-state index in [0.717, 1.165) is 5.69 Å². The van der Waals surface area contributed by atoms with Crippen LogP contribution in [0.3, 0.4) is 0 Å². The highest BCUT2D eigenvalue weighted by Crippen LogP contribution is 2.24. The number of anilines is 1. The highest BCUT2D eigenvalue weighted by molar-refractivity contribution is 7.91. The molecule has 1 aromatic heterocycles. The second-order valence-corrected chi connectivity index (χ2v) is 8.48. The fraction of sp³-hybridized carbons (Fsp3) is 0.333. The summed E-state index contributed by atoms with van der Waals surface area (Å²) in [7, 11) is -3.44. The lowest BCUT2D eigenvalue weighted by molar-refractivity contribution is -0.384. The van der Waals surface area contributed by atoms with Crippen molar-refractivity contribution < 1.29 is 13.3 Å². The van der Waals surface area contributed by atoms with Gasteiger partial charge in [0.25, 0.3) is 5.69 Å². The van der Waals surface area contributed by atoms with Crippen LogP contribution in [0.4, 0.5) is 11.4 Å². The second kappa shape index (κ2) is 6.88. The van der Waals surface area contributed by atoms with E-state index in [-0.39, 0.29) is 11.7 Å². The van der Waals surface area contributed by atoms with Crippen molar-refractivity contribution in [2.45, 2.75) is 23.1 Å². The third-order valence-electron chi connectivity index (χ3n) is 4.00. The predicted molar refractivity (Wildman–Crippen MR) is 93.0 cm³/mol. The summed E-state index contributed by atoms with van der Waals surface area (Å²) in [5.74, 6) is 0. The van der Waals surface area contributed by atoms with E-state index >= 15 is 0 Å². The monoisotopic (exact) mass is 367 g/mol. The van der Waals surface area contributed by atoms with Crippen molar-refractivity contribution in [3.63, 3.8) is 0 Å². The molecule has 0 bridgehead atoms. The lowest BCUT2D eigenvalue weighted by Crippen LogP contribution is -2.44. The number of hydrogen-bond acceptors (Lipinski definition) is 6. The van der Waals surface area contributed by atoms with Crippen molar-refractivity contribution in [1.82, 2.24) is 4.72 Å². The first-order valence-corrected chi connectivity index (χ1v) is 9.87. The van der Waals surface area contributed by atoms with Crippen molar-refractivity contribution in [3.8, 4) is 0 Å². The number of nitro benzene ring substituents is 1. The molecule has 0 aliphatic carbocycles. The fourth-order valence-corrected chi connectivity index (χ4v) is 5.05. The molecular weight excluding hydrogens is 350 g/mol. The molecule has 7 nitrogen and oxygen atoms in total. The maximum atomic E-state index is 12.2. The molecule has 0 amide bonds. The zero-order chi connectivity index (χ0) is 17.2. The molecule has 1 fully saturated rings. The minimum atomic E-state index is -3.44. The van der Waals surface area contributed by atoms with Crippen LogP contribution >= 0.6 is 11.3 Å². The lowest BCUT2D eigenvalue weighted by Gasteiger charge is -2.33. The van der Waals surface area contributed by atoms with Crippen molar-refractivity contribution >= 4 is 32.7 Å². The number of sulfonamides is 1. The molecule has 24 heavy (non-hydrogen) atoms. The summed E-state index contributed by atoms with van der Waals surface area (Å²) < 4.78 is 27.6. The second-order valence-electron chi connectivity index (χ2n) is 5.59. The van der Waals surface area contributed by atoms with Gasteiger partial charge in [0.15, 0.2) is 0 Å². The minimum absolute atomic E-state index is 0.0670. The molecule has 0 saturated carbocycles. The maximum absolute atomic E-state index is 12.2. The van der Waals surface area contributed by atoms with E-state index in [4.69, 9.17) is 0 Å². The van der Waals surface area contributed by atoms with Gasteiger partial charge in [-0.05, 0) is 36.4 Å². The van der Waals surface area contributed by atoms with E-state index in [2.05, 4.69) is 9.62 Å². The van der Waals surface area contributed by atoms with Gasteiger partial charge in [-0.1, -0.05) is 6.07 Å². The van der Waals surface area contributed by atoms with Gasteiger partial charge in [0, 0.05) is 37.0 Å². The van der Waals surface area contributed by atoms with Gasteiger partial charge in [-0.2, -0.15) is 0 Å². The van der Waals surface area contributed by atoms with Crippen LogP contribution in [-0.4, -0.2) is 32.5 Å². The average Bonchev–Trinajstić information content (AvgIpc) is 3.11. The molecule has 9 heteroatoms. The molecule has 1 N–H and O–H groups in total. The Bertz CT molecular complexity index is 796. The average molecular weight is 367 g/mol. The summed E-state index contributed by atoms with van der Waals surface area (Å²) in [5, 5.41) is 12.4. The molecule has 1 aliphatic heterocycles. The molecule has 1 aliphatic rings. The zero-order valence-corrected chi connectivity index (χ0v) is 14.4. The molecule has 0 atom stereocenters. The number of nitrogens with zero attached hydrogens (tertiary/aromatic N) is 2. The molecule has 2 aromatic rings. The van der Waals surface area contributed by atoms with E-state index in [0.29, 0.717) is 30.1 Å². The molecule has 1 aromatic carbocycles. The van der Waals surface area contributed by atoms with Crippen LogP contribution in [-0.2, 0) is 10.0 Å². The van der Waals surface area contributed by atoms with Crippen molar-refractivity contribution in [3.05, 3.63) is 51.9 Å². The van der Waals surface area contributed by atoms with Crippen LogP contribution in [0.15, 0.2) is 46.0 Å². The number of rotatable bonds is 5. The van der Waals surface area contributed by atoms with Gasteiger partial charge in [-0.3, -0.25) is 10.1 Å². The Morgan fingerprint density at radius 2 is 1.83 bits per heavy atom. The van der Waals surface area contributed by atoms with Crippen molar-refractivity contribution in [2.75, 3.05) is 18.0 Å². The molecular formula is C15H17N3O4S2. The number of thiophene rings is 1. The standard InChI is InChI=1S/C15H17N3O4S2/c19-18(20)14-5-3-13(4-6-14)17-9-7-12(8-10-17)16-24(21,22)15-2-1-11-23-15/h1-6,11-12,16H,7-10H2. The SMILES string of the molecule is O=[N+]([O-])c1ccc(N2CCC(NS(=O)(=O)c3cccs3)CC2)cc1. The van der Waals surface area contributed by atoms with E-state index in [9.17, 15) is 18.5 Å². The molecule has 0 spiro atoms. The summed E-state index contributed by atoms with van der Waals surface area (Å²) in [6.07, 6.45) is 1.39. The summed E-state index contributed by atoms with van der Waals surface area (Å²) >= 11 is 1.20. The number of benzene rings is 1. The highest BCUT2D eigenvalue weighted by atomic mass is 32.2. The van der Waals surface area contributed by atoms with E-state index in [1.165, 1.54) is 23.5 Å². The zero-order valence-electron chi connectivity index (χ0n) is 12.8. The van der Waals surface area contributed by atoms with E-state index < -0.39 is 14.9 Å². The smallest absolute Gasteiger partial charge is 0.269 e. The Kier molecular flexibility index (Phi) is 4.83. The quantitative estimate of drug-likeness (QED) is 0.648. The van der Waals surface area contributed by atoms with Gasteiger partial charge in [0.2, 0.25) is 10.0 Å². The van der Waals surface area contributed by atoms with Crippen molar-refractivity contribution in [2.24, 2.45) is 0 Å². The first-order valence-electron chi connectivity index (χ1n) is 7.51. The molecule has 3 rings (SSSR count). The largest absolute Gasteiger partial charge is 0.371 e. The van der Waals surface area contributed by atoms with Gasteiger partial charge >= 0.3 is 0 Å². The van der Waals surface area contributed by atoms with Crippen LogP contribution in [0.25, 0.3) is 0 Å². The van der Waals surface area contributed by atoms with Crippen LogP contribution in [0.5, 0.6) is 0 Å². The first-order chi connectivity index (χ1) is 11.5. The van der Waals surface area contributed by atoms with Crippen LogP contribution in [0.2, 0.25) is 0 Å². The molecule has 0 unspecified atom stereocenters. The minimum Gasteiger partial charge on any atom is -0.371 e. The van der Waals surface area contributed by atoms with Gasteiger partial charge in [0.05, 0.1) is 4.92 Å². The van der Waals surface area contributed by atoms with Gasteiger partial charge < -0.3 is 4.90 Å². The molecule has 0 radical (unpaired) electrons.